The van der Waals surface area contributed by atoms with Gasteiger partial charge < -0.3 is 44.1 Å². The zero-order valence-electron chi connectivity index (χ0n) is 25.2. The number of Topliss-reactive ketones (excluding diaryl/α,β-unsaturated/α-hetero) is 1. The van der Waals surface area contributed by atoms with Crippen LogP contribution in [0.3, 0.4) is 0 Å². The number of rotatable bonds is 22. The van der Waals surface area contributed by atoms with Gasteiger partial charge >= 0.3 is 39.9 Å². The van der Waals surface area contributed by atoms with Gasteiger partial charge in [-0.05, 0) is 19.3 Å². The molecule has 0 unspecified atom stereocenters. The Labute approximate surface area is 292 Å². The third kappa shape index (κ3) is 25.3. The van der Waals surface area contributed by atoms with Crippen molar-refractivity contribution in [2.24, 2.45) is 0 Å². The number of carbonyl (C=O) groups excluding carboxylic acids is 4. The number of ether oxygens (including phenoxy) is 2. The fraction of sp³-hybridized carbons (Fsp3) is 0.857. The van der Waals surface area contributed by atoms with Crippen LogP contribution in [0.25, 0.3) is 0 Å². The summed E-state index contributed by atoms with van der Waals surface area (Å²) in [6.45, 7) is 4.43. The average molecular weight is 777 g/mol. The van der Waals surface area contributed by atoms with Crippen molar-refractivity contribution in [1.29, 1.82) is 0 Å². The molecule has 0 aromatic heterocycles. The van der Waals surface area contributed by atoms with Gasteiger partial charge in [-0.1, -0.05) is 12.8 Å². The van der Waals surface area contributed by atoms with Crippen LogP contribution in [0.2, 0.25) is 0 Å². The molecule has 1 rings (SSSR count). The summed E-state index contributed by atoms with van der Waals surface area (Å²) >= 11 is 5.65. The summed E-state index contributed by atoms with van der Waals surface area (Å²) in [6, 6.07) is 0. The predicted molar refractivity (Wildman–Crippen MR) is 150 cm³/mol. The van der Waals surface area contributed by atoms with Crippen molar-refractivity contribution in [2.45, 2.75) is 44.9 Å². The van der Waals surface area contributed by atoms with Crippen LogP contribution in [0.4, 0.5) is 0 Å². The van der Waals surface area contributed by atoms with Crippen molar-refractivity contribution in [1.82, 2.24) is 19.6 Å². The standard InChI is InChI=1S/C28H51ClN4O9.Gd/c29-8-3-1-2-4-18-41-20-21-42-19-5-6-25(34)7-9-30-10-12-31(22-26(35)36)14-16-33(24-28(39)40)17-15-32(13-11-30)23-27(37)38;/h1-24H2,(H,35,36)(H,37,38)(H,39,40);/q;+3/p-3. The Morgan fingerprint density at radius 1 is 0.535 bits per heavy atom. The van der Waals surface area contributed by atoms with E-state index in [2.05, 4.69) is 0 Å². The van der Waals surface area contributed by atoms with Crippen molar-refractivity contribution < 1.29 is 83.9 Å². The summed E-state index contributed by atoms with van der Waals surface area (Å²) in [7, 11) is 0. The van der Waals surface area contributed by atoms with Gasteiger partial charge in [-0.25, -0.2) is 0 Å². The monoisotopic (exact) mass is 777 g/mol. The Bertz CT molecular complexity index is 753. The van der Waals surface area contributed by atoms with Crippen LogP contribution in [-0.4, -0.2) is 154 Å². The summed E-state index contributed by atoms with van der Waals surface area (Å²) in [5.41, 5.74) is 0. The van der Waals surface area contributed by atoms with Gasteiger partial charge in [0.2, 0.25) is 0 Å². The van der Waals surface area contributed by atoms with E-state index in [-0.39, 0.29) is 91.5 Å². The van der Waals surface area contributed by atoms with Gasteiger partial charge in [-0.3, -0.25) is 19.5 Å². The number of alkyl halides is 1. The molecule has 0 bridgehead atoms. The smallest absolute Gasteiger partial charge is 0.549 e. The van der Waals surface area contributed by atoms with Crippen LogP contribution in [0.15, 0.2) is 0 Å². The van der Waals surface area contributed by atoms with E-state index in [4.69, 9.17) is 21.1 Å². The summed E-state index contributed by atoms with van der Waals surface area (Å²) in [4.78, 5) is 53.2. The van der Waals surface area contributed by atoms with Crippen molar-refractivity contribution in [2.75, 3.05) is 111 Å². The van der Waals surface area contributed by atoms with Crippen LogP contribution >= 0.6 is 11.6 Å². The molecule has 0 amide bonds. The number of halogens is 1. The molecule has 0 N–H and O–H groups in total. The van der Waals surface area contributed by atoms with Gasteiger partial charge in [-0.2, -0.15) is 0 Å². The molecule has 0 atom stereocenters. The molecule has 15 heteroatoms. The molecule has 0 aromatic carbocycles. The molecular formula is C28H48ClGdN4O9. The van der Waals surface area contributed by atoms with Gasteiger partial charge in [0.25, 0.3) is 0 Å². The van der Waals surface area contributed by atoms with Gasteiger partial charge in [0.15, 0.2) is 0 Å². The number of carboxylic acids is 3. The minimum Gasteiger partial charge on any atom is -0.549 e. The third-order valence-corrected chi connectivity index (χ3v) is 7.25. The number of nitrogens with zero attached hydrogens (tertiary/aromatic N) is 4. The fourth-order valence-corrected chi connectivity index (χ4v) is 4.77. The number of ketones is 1. The normalized spacial score (nSPS) is 16.6. The molecule has 0 aromatic rings. The SMILES string of the molecule is O=C([O-])CN1CCN(CCC(=O)CCCOCCOCCCCCCCl)CCN(CC(=O)[O-])CCN(CC(=O)[O-])CC1.[Gd+3]. The molecule has 0 spiro atoms. The minimum atomic E-state index is -1.27. The maximum atomic E-state index is 12.5. The van der Waals surface area contributed by atoms with E-state index in [0.717, 1.165) is 25.7 Å². The van der Waals surface area contributed by atoms with Gasteiger partial charge in [0.05, 0.1) is 31.1 Å². The number of carbonyl (C=O) groups is 4. The van der Waals surface area contributed by atoms with Crippen LogP contribution in [0.5, 0.6) is 0 Å². The Morgan fingerprint density at radius 3 is 1.35 bits per heavy atom. The van der Waals surface area contributed by atoms with Crippen LogP contribution < -0.4 is 15.3 Å². The molecule has 1 saturated heterocycles. The van der Waals surface area contributed by atoms with E-state index in [9.17, 15) is 34.5 Å². The van der Waals surface area contributed by atoms with E-state index >= 15 is 0 Å². The quantitative estimate of drug-likeness (QED) is 0.0809. The molecule has 0 aliphatic carbocycles. The second-order valence-corrected chi connectivity index (χ2v) is 10.9. The summed E-state index contributed by atoms with van der Waals surface area (Å²) in [5, 5.41) is 33.7. The van der Waals surface area contributed by atoms with Gasteiger partial charge in [-0.15, -0.1) is 11.6 Å². The first-order valence-corrected chi connectivity index (χ1v) is 15.4. The zero-order valence-corrected chi connectivity index (χ0v) is 28.2. The van der Waals surface area contributed by atoms with E-state index in [1.165, 1.54) is 0 Å². The van der Waals surface area contributed by atoms with E-state index in [0.29, 0.717) is 84.3 Å². The van der Waals surface area contributed by atoms with Crippen LogP contribution in [-0.2, 0) is 28.7 Å². The summed E-state index contributed by atoms with van der Waals surface area (Å²) in [5.74, 6) is -2.95. The maximum absolute atomic E-state index is 12.5. The second-order valence-electron chi connectivity index (χ2n) is 10.5. The first kappa shape index (κ1) is 42.5. The Morgan fingerprint density at radius 2 is 0.930 bits per heavy atom. The van der Waals surface area contributed by atoms with Crippen molar-refractivity contribution in [3.8, 4) is 0 Å². The molecular weight excluding hydrogens is 729 g/mol. The average Bonchev–Trinajstić information content (AvgIpc) is 2.92. The summed E-state index contributed by atoms with van der Waals surface area (Å²) < 4.78 is 11.1. The topological polar surface area (TPSA) is 169 Å². The number of aliphatic carboxylic acids is 3. The number of carboxylic acid groups (broad SMARTS) is 3. The molecule has 0 saturated carbocycles. The molecule has 1 heterocycles. The summed E-state index contributed by atoms with van der Waals surface area (Å²) in [6.07, 6.45) is 5.57. The number of unbranched alkanes of at least 4 members (excludes halogenated alkanes) is 3. The van der Waals surface area contributed by atoms with Gasteiger partial charge in [0.1, 0.15) is 5.78 Å². The van der Waals surface area contributed by atoms with Crippen molar-refractivity contribution in [3.63, 3.8) is 0 Å². The molecule has 1 aliphatic heterocycles. The maximum Gasteiger partial charge on any atom is 3.00 e. The van der Waals surface area contributed by atoms with E-state index in [1.807, 2.05) is 4.90 Å². The fourth-order valence-electron chi connectivity index (χ4n) is 4.58. The second kappa shape index (κ2) is 27.7. The number of hydrogen-bond donors (Lipinski definition) is 0. The van der Waals surface area contributed by atoms with E-state index in [1.54, 1.807) is 14.7 Å². The van der Waals surface area contributed by atoms with Crippen molar-refractivity contribution in [3.05, 3.63) is 0 Å². The molecule has 249 valence electrons. The Kier molecular flexibility index (Phi) is 27.4. The Hall–Kier alpha value is -0.545. The zero-order chi connectivity index (χ0) is 31.0. The van der Waals surface area contributed by atoms with Gasteiger partial charge in [0, 0.05) is 110 Å². The predicted octanol–water partition coefficient (Wildman–Crippen LogP) is -2.97. The minimum absolute atomic E-state index is 0. The molecule has 1 radical (unpaired) electrons. The Balaban J connectivity index is 0.0000176. The largest absolute Gasteiger partial charge is 3.00 e. The van der Waals surface area contributed by atoms with Crippen LogP contribution in [0.1, 0.15) is 44.9 Å². The van der Waals surface area contributed by atoms with E-state index < -0.39 is 17.9 Å². The van der Waals surface area contributed by atoms with Crippen LogP contribution in [0, 0.1) is 39.9 Å². The number of hydrogen-bond acceptors (Lipinski definition) is 13. The van der Waals surface area contributed by atoms with Crippen molar-refractivity contribution >= 4 is 35.3 Å². The first-order valence-electron chi connectivity index (χ1n) is 14.9. The third-order valence-electron chi connectivity index (χ3n) is 6.98. The first-order chi connectivity index (χ1) is 20.2. The molecule has 43 heavy (non-hydrogen) atoms. The molecule has 1 fully saturated rings. The molecule has 13 nitrogen and oxygen atoms in total. The molecule has 1 aliphatic rings.